The van der Waals surface area contributed by atoms with Gasteiger partial charge in [-0.15, -0.1) is 0 Å². The summed E-state index contributed by atoms with van der Waals surface area (Å²) in [5, 5.41) is 18.7. The third-order valence-electron chi connectivity index (χ3n) is 7.50. The van der Waals surface area contributed by atoms with Crippen LogP contribution in [0.25, 0.3) is 0 Å². The van der Waals surface area contributed by atoms with Crippen molar-refractivity contribution in [2.75, 3.05) is 13.1 Å². The van der Waals surface area contributed by atoms with E-state index >= 15 is 0 Å². The first-order chi connectivity index (χ1) is 19.7. The normalized spacial score (nSPS) is 21.1. The van der Waals surface area contributed by atoms with Gasteiger partial charge in [0.05, 0.1) is 22.2 Å². The van der Waals surface area contributed by atoms with Crippen molar-refractivity contribution in [3.8, 4) is 6.07 Å². The quantitative estimate of drug-likeness (QED) is 0.292. The van der Waals surface area contributed by atoms with Crippen molar-refractivity contribution in [2.45, 2.75) is 69.2 Å². The number of nitriles is 1. The lowest BCUT2D eigenvalue weighted by Gasteiger charge is -2.32. The number of aryl methyl sites for hydroxylation is 1. The number of amides is 2. The summed E-state index contributed by atoms with van der Waals surface area (Å²) in [5.74, 6) is -1.27. The van der Waals surface area contributed by atoms with Gasteiger partial charge in [0.15, 0.2) is 0 Å². The summed E-state index contributed by atoms with van der Waals surface area (Å²) in [7, 11) is 0. The number of carboxylic acid groups (broad SMARTS) is 1. The lowest BCUT2D eigenvalue weighted by molar-refractivity contribution is -0.143. The molecular formula is C29H34Cl2FN5O4. The van der Waals surface area contributed by atoms with Crippen molar-refractivity contribution in [3.63, 3.8) is 0 Å². The Labute approximate surface area is 249 Å². The zero-order valence-electron chi connectivity index (χ0n) is 22.5. The molecule has 4 N–H and O–H groups in total. The average molecular weight is 607 g/mol. The van der Waals surface area contributed by atoms with E-state index in [1.165, 1.54) is 17.7 Å². The average Bonchev–Trinajstić information content (AvgIpc) is 3.31. The fraction of sp³-hybridized carbons (Fsp3) is 0.448. The fourth-order valence-electron chi connectivity index (χ4n) is 5.53. The van der Waals surface area contributed by atoms with Gasteiger partial charge in [0.2, 0.25) is 11.8 Å². The van der Waals surface area contributed by atoms with Gasteiger partial charge in [-0.3, -0.25) is 19.3 Å². The highest BCUT2D eigenvalue weighted by atomic mass is 35.5. The number of halogens is 3. The first kappa shape index (κ1) is 32.3. The summed E-state index contributed by atoms with van der Waals surface area (Å²) in [4.78, 5) is 39.3. The highest BCUT2D eigenvalue weighted by Crippen LogP contribution is 2.31. The second-order valence-electron chi connectivity index (χ2n) is 10.1. The second-order valence-corrected chi connectivity index (χ2v) is 10.9. The van der Waals surface area contributed by atoms with Gasteiger partial charge >= 0.3 is 0 Å². The second kappa shape index (κ2) is 15.7. The van der Waals surface area contributed by atoms with Crippen LogP contribution >= 0.6 is 23.2 Å². The van der Waals surface area contributed by atoms with Crippen molar-refractivity contribution in [1.29, 1.82) is 5.26 Å². The first-order valence-electron chi connectivity index (χ1n) is 13.4. The molecule has 220 valence electrons. The molecule has 0 aliphatic carbocycles. The number of hydrogen-bond acceptors (Lipinski definition) is 6. The molecule has 2 aliphatic rings. The molecule has 0 aromatic heterocycles. The molecule has 2 amide bonds. The molecule has 0 radical (unpaired) electrons. The predicted octanol–water partition coefficient (Wildman–Crippen LogP) is 3.76. The highest BCUT2D eigenvalue weighted by Gasteiger charge is 2.45. The van der Waals surface area contributed by atoms with Crippen LogP contribution in [0.15, 0.2) is 42.5 Å². The van der Waals surface area contributed by atoms with Crippen molar-refractivity contribution < 1.29 is 23.9 Å². The fourth-order valence-corrected chi connectivity index (χ4v) is 5.86. The molecule has 2 aliphatic heterocycles. The maximum absolute atomic E-state index is 14.5. The third kappa shape index (κ3) is 8.39. The molecule has 2 heterocycles. The maximum Gasteiger partial charge on any atom is 0.290 e. The van der Waals surface area contributed by atoms with Crippen molar-refractivity contribution in [3.05, 3.63) is 69.5 Å². The molecule has 12 heteroatoms. The van der Waals surface area contributed by atoms with E-state index in [1.54, 1.807) is 4.90 Å². The molecular weight excluding hydrogens is 572 g/mol. The number of nitrogens with two attached hydrogens (primary N) is 1. The summed E-state index contributed by atoms with van der Waals surface area (Å²) in [6.07, 6.45) is 3.27. The molecule has 4 rings (SSSR count). The molecule has 2 aromatic rings. The lowest BCUT2D eigenvalue weighted by atomic mass is 10.0. The van der Waals surface area contributed by atoms with Gasteiger partial charge in [0.1, 0.15) is 11.9 Å². The van der Waals surface area contributed by atoms with Crippen LogP contribution in [-0.4, -0.2) is 70.4 Å². The van der Waals surface area contributed by atoms with Crippen LogP contribution in [-0.2, 0) is 27.3 Å². The largest absolute Gasteiger partial charge is 0.483 e. The molecule has 4 atom stereocenters. The third-order valence-corrected chi connectivity index (χ3v) is 8.28. The van der Waals surface area contributed by atoms with Crippen LogP contribution in [0.5, 0.6) is 0 Å². The number of carbonyl (C=O) groups excluding carboxylic acids is 2. The van der Waals surface area contributed by atoms with E-state index in [4.69, 9.17) is 38.8 Å². The van der Waals surface area contributed by atoms with Crippen molar-refractivity contribution >= 4 is 41.5 Å². The van der Waals surface area contributed by atoms with E-state index in [1.807, 2.05) is 18.2 Å². The Bertz CT molecular complexity index is 1250. The summed E-state index contributed by atoms with van der Waals surface area (Å²) in [5.41, 5.74) is 7.72. The van der Waals surface area contributed by atoms with E-state index < -0.39 is 23.8 Å². The van der Waals surface area contributed by atoms with Gasteiger partial charge in [-0.25, -0.2) is 4.39 Å². The Balaban J connectivity index is 0.00000147. The monoisotopic (exact) mass is 605 g/mol. The highest BCUT2D eigenvalue weighted by molar-refractivity contribution is 6.42. The zero-order chi connectivity index (χ0) is 29.9. The molecule has 1 unspecified atom stereocenters. The smallest absolute Gasteiger partial charge is 0.290 e. The van der Waals surface area contributed by atoms with E-state index in [0.717, 1.165) is 12.8 Å². The topological polar surface area (TPSA) is 140 Å². The lowest BCUT2D eigenvalue weighted by Crippen LogP contribution is -2.53. The van der Waals surface area contributed by atoms with E-state index in [0.29, 0.717) is 25.9 Å². The molecule has 0 spiro atoms. The van der Waals surface area contributed by atoms with Crippen molar-refractivity contribution in [2.24, 2.45) is 5.73 Å². The predicted molar refractivity (Wildman–Crippen MR) is 154 cm³/mol. The number of nitrogens with zero attached hydrogens (tertiary/aromatic N) is 3. The van der Waals surface area contributed by atoms with Gasteiger partial charge in [-0.05, 0) is 43.7 Å². The summed E-state index contributed by atoms with van der Waals surface area (Å²) >= 11 is 11.8. The maximum atomic E-state index is 14.5. The van der Waals surface area contributed by atoms with Gasteiger partial charge in [-0.2, -0.15) is 5.26 Å². The Morgan fingerprint density at radius 1 is 1.27 bits per heavy atom. The minimum atomic E-state index is -0.848. The Morgan fingerprint density at radius 2 is 1.98 bits per heavy atom. The first-order valence-corrected chi connectivity index (χ1v) is 14.2. The molecule has 9 nitrogen and oxygen atoms in total. The Kier molecular flexibility index (Phi) is 12.4. The Hall–Kier alpha value is -3.23. The van der Waals surface area contributed by atoms with Crippen LogP contribution < -0.4 is 11.1 Å². The summed E-state index contributed by atoms with van der Waals surface area (Å²) in [6.45, 7) is 0.660. The number of benzene rings is 2. The molecule has 2 aromatic carbocycles. The summed E-state index contributed by atoms with van der Waals surface area (Å²) in [6, 6.07) is 14.0. The van der Waals surface area contributed by atoms with Crippen LogP contribution in [0.1, 0.15) is 43.2 Å². The Morgan fingerprint density at radius 3 is 2.66 bits per heavy atom. The number of fused-ring (bicyclic) bond motifs is 1. The number of carbonyl (C=O) groups is 3. The standard InChI is InChI=1S/C28H32Cl2FN5O2.CH2O2/c29-22-11-9-19(26(31)25(22)30)16-34-27(37)23(7-4-13-32)35-14-12-21(10-8-18-5-2-1-3-6-18)36-17-20(33)15-24(36)28(35)38;2-1-3/h1-3,5-6,9,11,20-21,23-24H,4,7-8,10,12,14-17,33H2,(H,34,37);1H,(H,2,3)/t20-,21?,23-,24+;/m1./s1. The minimum Gasteiger partial charge on any atom is -0.483 e. The molecule has 2 fully saturated rings. The number of hydrogen-bond donors (Lipinski definition) is 3. The SMILES string of the molecule is N#CCC[C@H](C(=O)NCc1ccc(Cl)c(Cl)c1F)N1CCC(CCc2ccccc2)N2C[C@H](N)C[C@H]2C1=O.O=CO. The van der Waals surface area contributed by atoms with E-state index in [-0.39, 0.29) is 59.5 Å². The molecule has 0 bridgehead atoms. The van der Waals surface area contributed by atoms with E-state index in [9.17, 15) is 19.2 Å². The van der Waals surface area contributed by atoms with Gasteiger partial charge in [-0.1, -0.05) is 59.6 Å². The van der Waals surface area contributed by atoms with Crippen LogP contribution in [0.4, 0.5) is 4.39 Å². The molecule has 0 saturated carbocycles. The van der Waals surface area contributed by atoms with E-state index in [2.05, 4.69) is 28.4 Å². The zero-order valence-corrected chi connectivity index (χ0v) is 24.0. The van der Waals surface area contributed by atoms with Crippen LogP contribution in [0.2, 0.25) is 10.0 Å². The van der Waals surface area contributed by atoms with Gasteiger partial charge in [0, 0.05) is 43.7 Å². The van der Waals surface area contributed by atoms with Gasteiger partial charge in [0.25, 0.3) is 6.47 Å². The van der Waals surface area contributed by atoms with Crippen LogP contribution in [0, 0.1) is 17.1 Å². The van der Waals surface area contributed by atoms with Crippen LogP contribution in [0.3, 0.4) is 0 Å². The van der Waals surface area contributed by atoms with Crippen molar-refractivity contribution in [1.82, 2.24) is 15.1 Å². The summed E-state index contributed by atoms with van der Waals surface area (Å²) < 4.78 is 14.5. The molecule has 2 saturated heterocycles. The minimum absolute atomic E-state index is 0.0856. The number of rotatable bonds is 9. The number of nitrogens with one attached hydrogen (secondary N) is 1. The van der Waals surface area contributed by atoms with Gasteiger partial charge < -0.3 is 21.1 Å². The molecule has 41 heavy (non-hydrogen) atoms.